The zero-order valence-electron chi connectivity index (χ0n) is 13.6. The molecule has 1 aliphatic rings. The number of halogens is 2. The van der Waals surface area contributed by atoms with Crippen LogP contribution in [0.1, 0.15) is 46.4 Å². The van der Waals surface area contributed by atoms with Gasteiger partial charge >= 0.3 is 6.55 Å². The van der Waals surface area contributed by atoms with Crippen LogP contribution in [0.5, 0.6) is 0 Å². The normalized spacial score (nSPS) is 27.4. The third-order valence-corrected chi connectivity index (χ3v) is 4.66. The molecular weight excluding hydrogens is 292 g/mol. The zero-order chi connectivity index (χ0) is 16.7. The molecule has 1 aromatic rings. The summed E-state index contributed by atoms with van der Waals surface area (Å²) in [7, 11) is 0. The lowest BCUT2D eigenvalue weighted by atomic mass is 9.81. The predicted octanol–water partition coefficient (Wildman–Crippen LogP) is 3.36. The molecule has 0 radical (unpaired) electrons. The second-order valence-corrected chi connectivity index (χ2v) is 6.38. The minimum absolute atomic E-state index is 0.0976. The van der Waals surface area contributed by atoms with E-state index < -0.39 is 12.7 Å². The van der Waals surface area contributed by atoms with E-state index in [1.54, 1.807) is 6.92 Å². The van der Waals surface area contributed by atoms with Crippen LogP contribution in [0.2, 0.25) is 0 Å². The second kappa shape index (κ2) is 5.95. The number of anilines is 1. The van der Waals surface area contributed by atoms with Crippen LogP contribution >= 0.6 is 0 Å². The molecule has 1 N–H and O–H groups in total. The van der Waals surface area contributed by atoms with Gasteiger partial charge < -0.3 is 10.1 Å². The van der Waals surface area contributed by atoms with E-state index in [2.05, 4.69) is 17.3 Å². The summed E-state index contributed by atoms with van der Waals surface area (Å²) in [4.78, 5) is 12.5. The number of aryl methyl sites for hydroxylation is 1. The number of carbonyl (C=O) groups excluding carboxylic acids is 1. The van der Waals surface area contributed by atoms with E-state index in [1.165, 1.54) is 0 Å². The Morgan fingerprint density at radius 2 is 2.18 bits per heavy atom. The Hall–Kier alpha value is -1.50. The van der Waals surface area contributed by atoms with Crippen LogP contribution in [0.15, 0.2) is 6.20 Å². The number of amides is 1. The average molecular weight is 315 g/mol. The third-order valence-electron chi connectivity index (χ3n) is 4.66. The van der Waals surface area contributed by atoms with Gasteiger partial charge in [-0.25, -0.2) is 4.68 Å². The molecule has 22 heavy (non-hydrogen) atoms. The van der Waals surface area contributed by atoms with Gasteiger partial charge in [-0.05, 0) is 39.0 Å². The minimum Gasteiger partial charge on any atom is -0.362 e. The first-order chi connectivity index (χ1) is 10.2. The van der Waals surface area contributed by atoms with Gasteiger partial charge in [0.15, 0.2) is 0 Å². The lowest BCUT2D eigenvalue weighted by molar-refractivity contribution is -0.131. The Morgan fingerprint density at radius 3 is 2.68 bits per heavy atom. The van der Waals surface area contributed by atoms with Crippen molar-refractivity contribution in [2.45, 2.75) is 59.3 Å². The second-order valence-electron chi connectivity index (χ2n) is 6.38. The van der Waals surface area contributed by atoms with Crippen molar-refractivity contribution in [2.75, 3.05) is 5.32 Å². The molecule has 0 aromatic carbocycles. The number of nitrogens with zero attached hydrogens (tertiary/aromatic N) is 2. The quantitative estimate of drug-likeness (QED) is 0.927. The molecule has 1 fully saturated rings. The first kappa shape index (κ1) is 16.9. The molecule has 1 amide bonds. The van der Waals surface area contributed by atoms with Crippen molar-refractivity contribution in [2.24, 2.45) is 11.8 Å². The van der Waals surface area contributed by atoms with Gasteiger partial charge in [-0.15, -0.1) is 0 Å². The van der Waals surface area contributed by atoms with Crippen LogP contribution in [-0.2, 0) is 9.53 Å². The summed E-state index contributed by atoms with van der Waals surface area (Å²) in [6.07, 6.45) is 1.38. The van der Waals surface area contributed by atoms with E-state index in [9.17, 15) is 13.6 Å². The van der Waals surface area contributed by atoms with Gasteiger partial charge in [0, 0.05) is 0 Å². The molecule has 1 aromatic heterocycles. The fraction of sp³-hybridized carbons (Fsp3) is 0.733. The highest BCUT2D eigenvalue weighted by Crippen LogP contribution is 2.42. The summed E-state index contributed by atoms with van der Waals surface area (Å²) in [5, 5.41) is 6.35. The van der Waals surface area contributed by atoms with Crippen LogP contribution in [0.4, 0.5) is 14.5 Å². The van der Waals surface area contributed by atoms with E-state index in [-0.39, 0.29) is 23.3 Å². The summed E-state index contributed by atoms with van der Waals surface area (Å²) >= 11 is 0. The summed E-state index contributed by atoms with van der Waals surface area (Å²) < 4.78 is 31.7. The number of hydrogen-bond acceptors (Lipinski definition) is 3. The maximum atomic E-state index is 12.6. The van der Waals surface area contributed by atoms with Crippen LogP contribution in [0.3, 0.4) is 0 Å². The monoisotopic (exact) mass is 315 g/mol. The van der Waals surface area contributed by atoms with Crippen LogP contribution in [0.25, 0.3) is 0 Å². The van der Waals surface area contributed by atoms with E-state index in [0.29, 0.717) is 16.1 Å². The molecule has 2 rings (SSSR count). The number of carbonyl (C=O) groups is 1. The first-order valence-electron chi connectivity index (χ1n) is 7.50. The van der Waals surface area contributed by atoms with E-state index in [0.717, 1.165) is 12.6 Å². The number of alkyl halides is 2. The van der Waals surface area contributed by atoms with Gasteiger partial charge in [0.2, 0.25) is 0 Å². The Bertz CT molecular complexity index is 557. The van der Waals surface area contributed by atoms with Crippen LogP contribution < -0.4 is 5.32 Å². The molecule has 5 nitrogen and oxygen atoms in total. The summed E-state index contributed by atoms with van der Waals surface area (Å²) in [5.74, 6) is 0.0276. The first-order valence-corrected chi connectivity index (χ1v) is 7.50. The Labute approximate surface area is 129 Å². The number of aromatic nitrogens is 2. The number of rotatable bonds is 4. The van der Waals surface area contributed by atoms with Crippen molar-refractivity contribution in [3.8, 4) is 0 Å². The molecule has 0 bridgehead atoms. The Morgan fingerprint density at radius 1 is 1.55 bits per heavy atom. The van der Waals surface area contributed by atoms with E-state index >= 15 is 0 Å². The number of ether oxygens (including phenoxy) is 1. The summed E-state index contributed by atoms with van der Waals surface area (Å²) in [6.45, 7) is 6.87. The SMILES string of the molecule is CC[C@H]1[C@H](C(=O)Nc2cn(C(F)F)nc2C)OC(C)(C)[C@H]1C. The fourth-order valence-corrected chi connectivity index (χ4v) is 3.02. The Balaban J connectivity index is 2.15. The van der Waals surface area contributed by atoms with Crippen LogP contribution in [0, 0.1) is 18.8 Å². The van der Waals surface area contributed by atoms with Gasteiger partial charge in [-0.2, -0.15) is 13.9 Å². The smallest absolute Gasteiger partial charge is 0.333 e. The number of nitrogens with one attached hydrogen (secondary N) is 1. The van der Waals surface area contributed by atoms with Gasteiger partial charge in [0.05, 0.1) is 23.2 Å². The van der Waals surface area contributed by atoms with Crippen LogP contribution in [-0.4, -0.2) is 27.4 Å². The molecule has 7 heteroatoms. The summed E-state index contributed by atoms with van der Waals surface area (Å²) in [6, 6.07) is 0. The molecule has 0 aliphatic carbocycles. The largest absolute Gasteiger partial charge is 0.362 e. The van der Waals surface area contributed by atoms with Gasteiger partial charge in [0.25, 0.3) is 5.91 Å². The lowest BCUT2D eigenvalue weighted by Crippen LogP contribution is -2.33. The van der Waals surface area contributed by atoms with Gasteiger partial charge in [-0.3, -0.25) is 4.79 Å². The molecule has 0 saturated carbocycles. The minimum atomic E-state index is -2.73. The van der Waals surface area contributed by atoms with Crippen molar-refractivity contribution < 1.29 is 18.3 Å². The topological polar surface area (TPSA) is 56.2 Å². The zero-order valence-corrected chi connectivity index (χ0v) is 13.6. The molecule has 2 heterocycles. The highest BCUT2D eigenvalue weighted by Gasteiger charge is 2.48. The average Bonchev–Trinajstić information content (AvgIpc) is 2.89. The van der Waals surface area contributed by atoms with Gasteiger partial charge in [-0.1, -0.05) is 13.8 Å². The molecule has 1 aliphatic heterocycles. The van der Waals surface area contributed by atoms with Crippen molar-refractivity contribution in [1.29, 1.82) is 0 Å². The van der Waals surface area contributed by atoms with Gasteiger partial charge in [0.1, 0.15) is 6.10 Å². The van der Waals surface area contributed by atoms with Crippen molar-refractivity contribution in [1.82, 2.24) is 9.78 Å². The highest BCUT2D eigenvalue weighted by molar-refractivity contribution is 5.95. The third kappa shape index (κ3) is 2.99. The molecule has 1 saturated heterocycles. The Kier molecular flexibility index (Phi) is 4.56. The van der Waals surface area contributed by atoms with E-state index in [1.807, 2.05) is 20.8 Å². The van der Waals surface area contributed by atoms with E-state index in [4.69, 9.17) is 4.74 Å². The van der Waals surface area contributed by atoms with Crippen molar-refractivity contribution in [3.63, 3.8) is 0 Å². The lowest BCUT2D eigenvalue weighted by Gasteiger charge is -2.23. The summed E-state index contributed by atoms with van der Waals surface area (Å²) in [5.41, 5.74) is 0.262. The number of hydrogen-bond donors (Lipinski definition) is 1. The maximum absolute atomic E-state index is 12.6. The standard InChI is InChI=1S/C15H23F2N3O2/c1-6-10-8(2)15(4,5)22-12(10)13(21)18-11-7-20(14(16)17)19-9(11)3/h7-8,10,12,14H,6H2,1-5H3,(H,18,21)/t8-,10+,12+/m0/s1. The van der Waals surface area contributed by atoms with Crippen molar-refractivity contribution >= 4 is 11.6 Å². The molecule has 124 valence electrons. The fourth-order valence-electron chi connectivity index (χ4n) is 3.02. The maximum Gasteiger partial charge on any atom is 0.333 e. The molecular formula is C15H23F2N3O2. The molecule has 0 unspecified atom stereocenters. The molecule has 3 atom stereocenters. The highest BCUT2D eigenvalue weighted by atomic mass is 19.3. The van der Waals surface area contributed by atoms with Crippen molar-refractivity contribution in [3.05, 3.63) is 11.9 Å². The molecule has 0 spiro atoms. The predicted molar refractivity (Wildman–Crippen MR) is 78.7 cm³/mol.